The summed E-state index contributed by atoms with van der Waals surface area (Å²) in [5.74, 6) is 0.325. The lowest BCUT2D eigenvalue weighted by molar-refractivity contribution is -0.114. The molecular formula is C24H22N4O2. The third-order valence-corrected chi connectivity index (χ3v) is 4.96. The Hall–Kier alpha value is -3.93. The topological polar surface area (TPSA) is 86.9 Å². The predicted octanol–water partition coefficient (Wildman–Crippen LogP) is 5.06. The molecule has 0 radical (unpaired) electrons. The number of H-pyrrole nitrogens is 1. The number of para-hydroxylation sites is 2. The van der Waals surface area contributed by atoms with Gasteiger partial charge in [-0.05, 0) is 55.3 Å². The number of nitrogens with one attached hydrogen (secondary N) is 3. The van der Waals surface area contributed by atoms with Gasteiger partial charge in [0.05, 0.1) is 11.0 Å². The molecule has 0 aliphatic heterocycles. The van der Waals surface area contributed by atoms with Crippen LogP contribution in [0.15, 0.2) is 60.7 Å². The molecule has 0 saturated carbocycles. The zero-order chi connectivity index (χ0) is 21.3. The molecule has 0 bridgehead atoms. The Morgan fingerprint density at radius 3 is 2.30 bits per heavy atom. The molecule has 0 aliphatic carbocycles. The minimum absolute atomic E-state index is 0.176. The number of fused-ring (bicyclic) bond motifs is 1. The second-order valence-corrected chi connectivity index (χ2v) is 7.30. The molecule has 0 spiro atoms. The molecule has 0 fully saturated rings. The number of aromatic amines is 1. The van der Waals surface area contributed by atoms with Crippen molar-refractivity contribution >= 4 is 34.2 Å². The minimum atomic E-state index is -0.244. The zero-order valence-corrected chi connectivity index (χ0v) is 17.0. The maximum absolute atomic E-state index is 12.9. The van der Waals surface area contributed by atoms with E-state index < -0.39 is 0 Å². The van der Waals surface area contributed by atoms with Gasteiger partial charge in [0.2, 0.25) is 5.91 Å². The van der Waals surface area contributed by atoms with E-state index >= 15 is 0 Å². The first-order valence-corrected chi connectivity index (χ1v) is 9.66. The predicted molar refractivity (Wildman–Crippen MR) is 120 cm³/mol. The van der Waals surface area contributed by atoms with Crippen LogP contribution in [0, 0.1) is 13.8 Å². The Kier molecular flexibility index (Phi) is 5.06. The van der Waals surface area contributed by atoms with E-state index in [-0.39, 0.29) is 11.8 Å². The van der Waals surface area contributed by atoms with Crippen LogP contribution >= 0.6 is 0 Å². The molecule has 0 saturated heterocycles. The smallest absolute Gasteiger partial charge is 0.255 e. The van der Waals surface area contributed by atoms with E-state index in [4.69, 9.17) is 0 Å². The fourth-order valence-electron chi connectivity index (χ4n) is 3.28. The van der Waals surface area contributed by atoms with Gasteiger partial charge in [0.15, 0.2) is 0 Å². The molecule has 6 nitrogen and oxygen atoms in total. The first-order valence-electron chi connectivity index (χ1n) is 9.66. The summed E-state index contributed by atoms with van der Waals surface area (Å²) in [6, 6.07) is 18.9. The molecule has 0 atom stereocenters. The maximum atomic E-state index is 12.9. The van der Waals surface area contributed by atoms with Crippen LogP contribution in [0.3, 0.4) is 0 Å². The lowest BCUT2D eigenvalue weighted by Crippen LogP contribution is -2.14. The number of amides is 2. The van der Waals surface area contributed by atoms with Crippen molar-refractivity contribution in [3.63, 3.8) is 0 Å². The number of aryl methyl sites for hydroxylation is 2. The number of hydrogen-bond acceptors (Lipinski definition) is 3. The molecule has 1 aromatic heterocycles. The maximum Gasteiger partial charge on any atom is 0.255 e. The van der Waals surface area contributed by atoms with Crippen molar-refractivity contribution in [2.24, 2.45) is 0 Å². The van der Waals surface area contributed by atoms with Crippen LogP contribution in [0.2, 0.25) is 0 Å². The summed E-state index contributed by atoms with van der Waals surface area (Å²) in [7, 11) is 0. The Morgan fingerprint density at radius 1 is 0.867 bits per heavy atom. The number of carbonyl (C=O) groups is 2. The van der Waals surface area contributed by atoms with Crippen LogP contribution in [-0.4, -0.2) is 21.8 Å². The normalized spacial score (nSPS) is 10.8. The first kappa shape index (κ1) is 19.4. The molecule has 30 heavy (non-hydrogen) atoms. The summed E-state index contributed by atoms with van der Waals surface area (Å²) in [6.07, 6.45) is 0. The molecule has 1 heterocycles. The Balaban J connectivity index is 1.62. The molecule has 0 unspecified atom stereocenters. The van der Waals surface area contributed by atoms with Crippen molar-refractivity contribution in [3.8, 4) is 11.4 Å². The SMILES string of the molecule is CC(=O)Nc1cc(C(=O)Nc2cc(-c3nc4ccccc4[nH]3)ccc2C)ccc1C. The van der Waals surface area contributed by atoms with Gasteiger partial charge in [-0.15, -0.1) is 0 Å². The van der Waals surface area contributed by atoms with Gasteiger partial charge >= 0.3 is 0 Å². The number of rotatable bonds is 4. The van der Waals surface area contributed by atoms with Crippen molar-refractivity contribution < 1.29 is 9.59 Å². The van der Waals surface area contributed by atoms with Crippen LogP contribution in [-0.2, 0) is 4.79 Å². The molecule has 4 rings (SSSR count). The van der Waals surface area contributed by atoms with E-state index in [2.05, 4.69) is 20.6 Å². The fourth-order valence-corrected chi connectivity index (χ4v) is 3.28. The van der Waals surface area contributed by atoms with E-state index in [0.717, 1.165) is 33.5 Å². The van der Waals surface area contributed by atoms with Gasteiger partial charge in [-0.1, -0.05) is 30.3 Å². The highest BCUT2D eigenvalue weighted by Crippen LogP contribution is 2.26. The zero-order valence-electron chi connectivity index (χ0n) is 17.0. The number of nitrogens with zero attached hydrogens (tertiary/aromatic N) is 1. The Bertz CT molecular complexity index is 1240. The fraction of sp³-hybridized carbons (Fsp3) is 0.125. The largest absolute Gasteiger partial charge is 0.338 e. The number of imidazole rings is 1. The quantitative estimate of drug-likeness (QED) is 0.449. The van der Waals surface area contributed by atoms with Gasteiger partial charge in [0, 0.05) is 29.4 Å². The van der Waals surface area contributed by atoms with Crippen molar-refractivity contribution in [2.45, 2.75) is 20.8 Å². The summed E-state index contributed by atoms with van der Waals surface area (Å²) >= 11 is 0. The molecule has 6 heteroatoms. The molecule has 150 valence electrons. The second-order valence-electron chi connectivity index (χ2n) is 7.30. The summed E-state index contributed by atoms with van der Waals surface area (Å²) in [6.45, 7) is 5.27. The first-order chi connectivity index (χ1) is 14.4. The van der Waals surface area contributed by atoms with Crippen LogP contribution in [0.25, 0.3) is 22.4 Å². The molecular weight excluding hydrogens is 376 g/mol. The van der Waals surface area contributed by atoms with E-state index in [9.17, 15) is 9.59 Å². The Labute approximate surface area is 174 Å². The van der Waals surface area contributed by atoms with Gasteiger partial charge in [-0.3, -0.25) is 9.59 Å². The van der Waals surface area contributed by atoms with E-state index in [0.29, 0.717) is 16.9 Å². The molecule has 3 aromatic carbocycles. The van der Waals surface area contributed by atoms with Crippen molar-refractivity contribution in [1.29, 1.82) is 0 Å². The van der Waals surface area contributed by atoms with E-state index in [1.165, 1.54) is 6.92 Å². The van der Waals surface area contributed by atoms with Crippen LogP contribution in [0.5, 0.6) is 0 Å². The third kappa shape index (κ3) is 3.93. The molecule has 0 aliphatic rings. The summed E-state index contributed by atoms with van der Waals surface area (Å²) in [4.78, 5) is 32.2. The highest BCUT2D eigenvalue weighted by Gasteiger charge is 2.13. The lowest BCUT2D eigenvalue weighted by Gasteiger charge is -2.12. The number of hydrogen-bond donors (Lipinski definition) is 3. The average molecular weight is 398 g/mol. The second kappa shape index (κ2) is 7.83. The average Bonchev–Trinajstić information content (AvgIpc) is 3.15. The van der Waals surface area contributed by atoms with Crippen LogP contribution in [0.4, 0.5) is 11.4 Å². The monoisotopic (exact) mass is 398 g/mol. The van der Waals surface area contributed by atoms with Gasteiger partial charge < -0.3 is 15.6 Å². The minimum Gasteiger partial charge on any atom is -0.338 e. The van der Waals surface area contributed by atoms with E-state index in [1.807, 2.05) is 62.4 Å². The van der Waals surface area contributed by atoms with Crippen molar-refractivity contribution in [3.05, 3.63) is 77.4 Å². The van der Waals surface area contributed by atoms with Crippen molar-refractivity contribution in [1.82, 2.24) is 9.97 Å². The van der Waals surface area contributed by atoms with Gasteiger partial charge in [-0.25, -0.2) is 4.98 Å². The number of anilines is 2. The van der Waals surface area contributed by atoms with E-state index in [1.54, 1.807) is 12.1 Å². The molecule has 4 aromatic rings. The van der Waals surface area contributed by atoms with Crippen LogP contribution in [0.1, 0.15) is 28.4 Å². The van der Waals surface area contributed by atoms with Crippen LogP contribution < -0.4 is 10.6 Å². The van der Waals surface area contributed by atoms with Gasteiger partial charge in [0.25, 0.3) is 5.91 Å². The standard InChI is InChI=1S/C24H22N4O2/c1-14-9-11-18(13-21(14)25-16(3)29)24(30)28-22-12-17(10-8-15(22)2)23-26-19-6-4-5-7-20(19)27-23/h4-13H,1-3H3,(H,25,29)(H,26,27)(H,28,30). The van der Waals surface area contributed by atoms with Crippen molar-refractivity contribution in [2.75, 3.05) is 10.6 Å². The number of aromatic nitrogens is 2. The number of carbonyl (C=O) groups excluding carboxylic acids is 2. The summed E-state index contributed by atoms with van der Waals surface area (Å²) < 4.78 is 0. The third-order valence-electron chi connectivity index (χ3n) is 4.96. The summed E-state index contributed by atoms with van der Waals surface area (Å²) in [5.41, 5.74) is 6.38. The highest BCUT2D eigenvalue weighted by molar-refractivity contribution is 6.06. The number of benzene rings is 3. The highest BCUT2D eigenvalue weighted by atomic mass is 16.2. The van der Waals surface area contributed by atoms with Gasteiger partial charge in [0.1, 0.15) is 5.82 Å². The summed E-state index contributed by atoms with van der Waals surface area (Å²) in [5, 5.41) is 5.73. The molecule has 3 N–H and O–H groups in total. The Morgan fingerprint density at radius 2 is 1.57 bits per heavy atom. The lowest BCUT2D eigenvalue weighted by atomic mass is 10.1. The molecule has 2 amide bonds. The van der Waals surface area contributed by atoms with Gasteiger partial charge in [-0.2, -0.15) is 0 Å².